The van der Waals surface area contributed by atoms with Crippen molar-refractivity contribution in [1.82, 2.24) is 4.90 Å². The number of phenolic OH excluding ortho intramolecular Hbond substituents is 1. The fraction of sp³-hybridized carbons (Fsp3) is 0.667. The molecule has 0 aromatic heterocycles. The van der Waals surface area contributed by atoms with Crippen LogP contribution in [0, 0.1) is 5.92 Å². The number of phenols is 1. The molecule has 1 aromatic carbocycles. The zero-order valence-corrected chi connectivity index (χ0v) is 13.4. The molecule has 1 heterocycles. The molecule has 4 nitrogen and oxygen atoms in total. The van der Waals surface area contributed by atoms with E-state index in [0.29, 0.717) is 23.5 Å². The largest absolute Gasteiger partial charge is 0.504 e. The number of ether oxygens (including phenoxy) is 1. The lowest BCUT2D eigenvalue weighted by atomic mass is 9.51. The minimum absolute atomic E-state index is 0.0823. The highest BCUT2D eigenvalue weighted by Gasteiger charge is 2.56. The number of rotatable bonds is 1. The number of aliphatic hydroxyl groups is 1. The Morgan fingerprint density at radius 1 is 1.32 bits per heavy atom. The molecule has 22 heavy (non-hydrogen) atoms. The van der Waals surface area contributed by atoms with Crippen LogP contribution in [0.25, 0.3) is 0 Å². The molecule has 0 spiro atoms. The minimum atomic E-state index is -0.253. The molecule has 2 bridgehead atoms. The first-order valence-electron chi connectivity index (χ1n) is 8.34. The summed E-state index contributed by atoms with van der Waals surface area (Å²) in [5.41, 5.74) is 2.22. The normalized spacial score (nSPS) is 37.3. The topological polar surface area (TPSA) is 52.9 Å². The van der Waals surface area contributed by atoms with E-state index in [1.807, 2.05) is 6.07 Å². The Morgan fingerprint density at radius 3 is 2.91 bits per heavy atom. The summed E-state index contributed by atoms with van der Waals surface area (Å²) in [6.45, 7) is 1.03. The van der Waals surface area contributed by atoms with Gasteiger partial charge >= 0.3 is 0 Å². The highest BCUT2D eigenvalue weighted by molar-refractivity contribution is 5.56. The van der Waals surface area contributed by atoms with Crippen LogP contribution in [0.1, 0.15) is 36.8 Å². The fourth-order valence-corrected chi connectivity index (χ4v) is 5.46. The molecule has 1 saturated heterocycles. The van der Waals surface area contributed by atoms with E-state index in [0.717, 1.165) is 44.2 Å². The molecule has 4 heteroatoms. The van der Waals surface area contributed by atoms with Crippen molar-refractivity contribution < 1.29 is 14.9 Å². The van der Waals surface area contributed by atoms with Crippen LogP contribution >= 0.6 is 0 Å². The van der Waals surface area contributed by atoms with Gasteiger partial charge in [-0.05, 0) is 63.2 Å². The number of aliphatic hydroxyl groups excluding tert-OH is 1. The predicted molar refractivity (Wildman–Crippen MR) is 84.4 cm³/mol. The third-order valence-electron chi connectivity index (χ3n) is 6.44. The highest BCUT2D eigenvalue weighted by atomic mass is 16.5. The quantitative estimate of drug-likeness (QED) is 0.834. The molecular weight excluding hydrogens is 278 g/mol. The van der Waals surface area contributed by atoms with Crippen LogP contribution in [0.4, 0.5) is 0 Å². The van der Waals surface area contributed by atoms with Crippen molar-refractivity contribution in [2.75, 3.05) is 20.7 Å². The molecule has 1 aromatic rings. The summed E-state index contributed by atoms with van der Waals surface area (Å²) in [6, 6.07) is 4.51. The number of likely N-dealkylation sites (tertiary alicyclic amines) is 1. The van der Waals surface area contributed by atoms with Crippen LogP contribution in [0.15, 0.2) is 12.1 Å². The summed E-state index contributed by atoms with van der Waals surface area (Å²) in [4.78, 5) is 2.48. The van der Waals surface area contributed by atoms with Gasteiger partial charge in [0.25, 0.3) is 0 Å². The Hall–Kier alpha value is -1.26. The molecule has 3 aliphatic rings. The molecule has 2 fully saturated rings. The molecule has 2 N–H and O–H groups in total. The van der Waals surface area contributed by atoms with E-state index >= 15 is 0 Å². The maximum absolute atomic E-state index is 10.8. The molecule has 4 atom stereocenters. The van der Waals surface area contributed by atoms with Gasteiger partial charge in [-0.25, -0.2) is 0 Å². The van der Waals surface area contributed by atoms with Gasteiger partial charge < -0.3 is 19.8 Å². The Kier molecular flexibility index (Phi) is 3.17. The molecule has 1 saturated carbocycles. The number of hydrogen-bond donors (Lipinski definition) is 2. The molecule has 2 aliphatic carbocycles. The SMILES string of the molecule is COc1ccc2c(c1O)[C@]13CCN(C)[C@@H](C2)C1CCC(O)C3. The van der Waals surface area contributed by atoms with E-state index in [-0.39, 0.29) is 11.5 Å². The fourth-order valence-electron chi connectivity index (χ4n) is 5.46. The number of likely N-dealkylation sites (N-methyl/N-ethyl adjacent to an activating group) is 1. The summed E-state index contributed by atoms with van der Waals surface area (Å²) < 4.78 is 5.35. The number of fused-ring (bicyclic) bond motifs is 1. The lowest BCUT2D eigenvalue weighted by Gasteiger charge is -2.59. The summed E-state index contributed by atoms with van der Waals surface area (Å²) >= 11 is 0. The van der Waals surface area contributed by atoms with Crippen LogP contribution in [0.2, 0.25) is 0 Å². The first kappa shape index (κ1) is 14.3. The van der Waals surface area contributed by atoms with Crippen LogP contribution in [0.3, 0.4) is 0 Å². The van der Waals surface area contributed by atoms with Gasteiger partial charge in [-0.15, -0.1) is 0 Å². The smallest absolute Gasteiger partial charge is 0.161 e. The summed E-state index contributed by atoms with van der Waals surface area (Å²) in [5.74, 6) is 1.39. The van der Waals surface area contributed by atoms with E-state index in [2.05, 4.69) is 18.0 Å². The summed E-state index contributed by atoms with van der Waals surface area (Å²) in [6.07, 6.45) is 4.46. The maximum atomic E-state index is 10.8. The molecule has 0 radical (unpaired) electrons. The van der Waals surface area contributed by atoms with Crippen molar-refractivity contribution in [3.8, 4) is 11.5 Å². The number of piperidine rings is 1. The zero-order valence-electron chi connectivity index (χ0n) is 13.4. The maximum Gasteiger partial charge on any atom is 0.161 e. The van der Waals surface area contributed by atoms with Gasteiger partial charge in [-0.2, -0.15) is 0 Å². The van der Waals surface area contributed by atoms with Gasteiger partial charge in [0.15, 0.2) is 11.5 Å². The van der Waals surface area contributed by atoms with Crippen molar-refractivity contribution >= 4 is 0 Å². The lowest BCUT2D eigenvalue weighted by Crippen LogP contribution is -2.61. The summed E-state index contributed by atoms with van der Waals surface area (Å²) in [5, 5.41) is 21.1. The third kappa shape index (κ3) is 1.77. The van der Waals surface area contributed by atoms with Gasteiger partial charge in [0.05, 0.1) is 13.2 Å². The van der Waals surface area contributed by atoms with E-state index in [1.165, 1.54) is 5.56 Å². The van der Waals surface area contributed by atoms with Crippen molar-refractivity contribution in [3.63, 3.8) is 0 Å². The van der Waals surface area contributed by atoms with E-state index in [9.17, 15) is 10.2 Å². The molecule has 4 rings (SSSR count). The Bertz CT molecular complexity index is 602. The number of hydrogen-bond acceptors (Lipinski definition) is 4. The van der Waals surface area contributed by atoms with E-state index in [1.54, 1.807) is 7.11 Å². The average Bonchev–Trinajstić information content (AvgIpc) is 2.50. The second-order valence-corrected chi connectivity index (χ2v) is 7.35. The van der Waals surface area contributed by atoms with Crippen molar-refractivity contribution in [2.45, 2.75) is 49.7 Å². The molecule has 0 amide bonds. The van der Waals surface area contributed by atoms with Gasteiger partial charge in [-0.1, -0.05) is 6.07 Å². The molecule has 2 unspecified atom stereocenters. The monoisotopic (exact) mass is 303 g/mol. The average molecular weight is 303 g/mol. The predicted octanol–water partition coefficient (Wildman–Crippen LogP) is 2.06. The van der Waals surface area contributed by atoms with Crippen molar-refractivity contribution in [2.24, 2.45) is 5.92 Å². The van der Waals surface area contributed by atoms with Gasteiger partial charge in [-0.3, -0.25) is 0 Å². The van der Waals surface area contributed by atoms with Crippen LogP contribution < -0.4 is 4.74 Å². The van der Waals surface area contributed by atoms with Gasteiger partial charge in [0.2, 0.25) is 0 Å². The first-order valence-corrected chi connectivity index (χ1v) is 8.34. The Morgan fingerprint density at radius 2 is 2.14 bits per heavy atom. The molecule has 1 aliphatic heterocycles. The second-order valence-electron chi connectivity index (χ2n) is 7.35. The minimum Gasteiger partial charge on any atom is -0.504 e. The van der Waals surface area contributed by atoms with Crippen molar-refractivity contribution in [3.05, 3.63) is 23.3 Å². The van der Waals surface area contributed by atoms with Gasteiger partial charge in [0, 0.05) is 17.0 Å². The van der Waals surface area contributed by atoms with Gasteiger partial charge in [0.1, 0.15) is 0 Å². The van der Waals surface area contributed by atoms with Crippen molar-refractivity contribution in [1.29, 1.82) is 0 Å². The number of nitrogens with zero attached hydrogens (tertiary/aromatic N) is 1. The van der Waals surface area contributed by atoms with Crippen LogP contribution in [-0.4, -0.2) is 48.0 Å². The molecule has 120 valence electrons. The molecular formula is C18H25NO3. The summed E-state index contributed by atoms with van der Waals surface area (Å²) in [7, 11) is 3.82. The first-order chi connectivity index (χ1) is 10.6. The zero-order chi connectivity index (χ0) is 15.5. The number of methoxy groups -OCH3 is 1. The second kappa shape index (κ2) is 4.87. The third-order valence-corrected chi connectivity index (χ3v) is 6.44. The Labute approximate surface area is 131 Å². The standard InChI is InChI=1S/C18H25NO3/c1-19-8-7-18-10-12(20)4-5-13(18)14(19)9-11-3-6-15(22-2)17(21)16(11)18/h3,6,12-14,20-21H,4-5,7-10H2,1-2H3/t12?,13?,14-,18-/m0/s1. The lowest BCUT2D eigenvalue weighted by molar-refractivity contribution is -0.0403. The van der Waals surface area contributed by atoms with Crippen LogP contribution in [0.5, 0.6) is 11.5 Å². The number of benzene rings is 1. The number of aromatic hydroxyl groups is 1. The highest BCUT2D eigenvalue weighted by Crippen LogP contribution is 2.58. The Balaban J connectivity index is 1.93. The van der Waals surface area contributed by atoms with Crippen LogP contribution in [-0.2, 0) is 11.8 Å². The van der Waals surface area contributed by atoms with E-state index < -0.39 is 0 Å². The van der Waals surface area contributed by atoms with E-state index in [4.69, 9.17) is 4.74 Å².